The van der Waals surface area contributed by atoms with Crippen molar-refractivity contribution in [1.82, 2.24) is 4.98 Å². The zero-order valence-corrected chi connectivity index (χ0v) is 7.02. The van der Waals surface area contributed by atoms with Gasteiger partial charge >= 0.3 is 0 Å². The molecule has 1 rings (SSSR count). The Hall–Kier alpha value is -1.41. The van der Waals surface area contributed by atoms with Gasteiger partial charge in [-0.15, -0.1) is 0 Å². The number of halogens is 3. The molecular weight excluding hydrogens is 200 g/mol. The molecule has 68 valence electrons. The second-order valence-corrected chi connectivity index (χ2v) is 2.57. The normalized spacial score (nSPS) is 10.1. The Morgan fingerprint density at radius 2 is 2.23 bits per heavy atom. The van der Waals surface area contributed by atoms with Crippen LogP contribution >= 0.6 is 11.6 Å². The summed E-state index contributed by atoms with van der Waals surface area (Å²) in [6.07, 6.45) is -2.76. The van der Waals surface area contributed by atoms with Crippen LogP contribution in [0.1, 0.15) is 17.6 Å². The van der Waals surface area contributed by atoms with Gasteiger partial charge in [-0.1, -0.05) is 11.6 Å². The summed E-state index contributed by atoms with van der Waals surface area (Å²) in [4.78, 5) is 3.41. The molecule has 0 aliphatic heterocycles. The van der Waals surface area contributed by atoms with Crippen molar-refractivity contribution in [3.63, 3.8) is 0 Å². The third kappa shape index (κ3) is 1.84. The van der Waals surface area contributed by atoms with Gasteiger partial charge in [-0.05, 0) is 6.07 Å². The van der Waals surface area contributed by atoms with E-state index in [1.807, 2.05) is 0 Å². The monoisotopic (exact) mass is 203 g/mol. The summed E-state index contributed by atoms with van der Waals surface area (Å²) >= 11 is 5.37. The van der Waals surface area contributed by atoms with Crippen LogP contribution in [0.4, 0.5) is 14.6 Å². The Kier molecular flexibility index (Phi) is 2.63. The van der Waals surface area contributed by atoms with Crippen molar-refractivity contribution in [1.29, 1.82) is 5.26 Å². The van der Waals surface area contributed by atoms with Crippen molar-refractivity contribution >= 4 is 17.4 Å². The van der Waals surface area contributed by atoms with Crippen LogP contribution in [0.25, 0.3) is 0 Å². The van der Waals surface area contributed by atoms with E-state index < -0.39 is 12.0 Å². The largest absolute Gasteiger partial charge is 0.383 e. The van der Waals surface area contributed by atoms with Crippen molar-refractivity contribution < 1.29 is 8.78 Å². The topological polar surface area (TPSA) is 62.7 Å². The molecular formula is C7H4ClF2N3. The molecule has 1 aromatic heterocycles. The zero-order valence-electron chi connectivity index (χ0n) is 6.26. The molecule has 13 heavy (non-hydrogen) atoms. The number of nitriles is 1. The fourth-order valence-corrected chi connectivity index (χ4v) is 0.990. The average Bonchev–Trinajstić information content (AvgIpc) is 2.03. The van der Waals surface area contributed by atoms with Crippen molar-refractivity contribution in [2.24, 2.45) is 0 Å². The molecule has 6 heteroatoms. The van der Waals surface area contributed by atoms with E-state index in [0.29, 0.717) is 0 Å². The Balaban J connectivity index is 3.33. The predicted octanol–water partition coefficient (Wildman–Crippen LogP) is 2.13. The second-order valence-electron chi connectivity index (χ2n) is 2.21. The molecule has 2 N–H and O–H groups in total. The first-order chi connectivity index (χ1) is 6.06. The summed E-state index contributed by atoms with van der Waals surface area (Å²) in [7, 11) is 0. The van der Waals surface area contributed by atoms with E-state index in [1.165, 1.54) is 0 Å². The van der Waals surface area contributed by atoms with E-state index in [9.17, 15) is 8.78 Å². The van der Waals surface area contributed by atoms with Gasteiger partial charge in [0, 0.05) is 0 Å². The Bertz CT molecular complexity index is 373. The van der Waals surface area contributed by atoms with Crippen molar-refractivity contribution in [2.45, 2.75) is 6.43 Å². The van der Waals surface area contributed by atoms with Gasteiger partial charge in [0.25, 0.3) is 6.43 Å². The van der Waals surface area contributed by atoms with E-state index in [4.69, 9.17) is 22.6 Å². The number of anilines is 1. The van der Waals surface area contributed by atoms with Crippen LogP contribution in [-0.2, 0) is 0 Å². The van der Waals surface area contributed by atoms with Gasteiger partial charge in [0.15, 0.2) is 0 Å². The summed E-state index contributed by atoms with van der Waals surface area (Å²) in [5.74, 6) is -0.142. The van der Waals surface area contributed by atoms with E-state index in [1.54, 1.807) is 6.07 Å². The first-order valence-corrected chi connectivity index (χ1v) is 3.58. The molecule has 0 aromatic carbocycles. The number of nitrogen functional groups attached to an aromatic ring is 1. The van der Waals surface area contributed by atoms with Gasteiger partial charge in [-0.3, -0.25) is 0 Å². The molecule has 0 amide bonds. The van der Waals surface area contributed by atoms with Crippen LogP contribution in [0.5, 0.6) is 0 Å². The zero-order chi connectivity index (χ0) is 10.0. The number of hydrogen-bond donors (Lipinski definition) is 1. The summed E-state index contributed by atoms with van der Waals surface area (Å²) < 4.78 is 24.4. The fraction of sp³-hybridized carbons (Fsp3) is 0.143. The SMILES string of the molecule is N#Cc1cc(C(F)F)c(Cl)nc1N. The number of pyridine rings is 1. The van der Waals surface area contributed by atoms with E-state index in [2.05, 4.69) is 4.98 Å². The molecule has 1 heterocycles. The number of aromatic nitrogens is 1. The number of hydrogen-bond acceptors (Lipinski definition) is 3. The van der Waals surface area contributed by atoms with Crippen molar-refractivity contribution in [3.05, 3.63) is 22.3 Å². The quantitative estimate of drug-likeness (QED) is 0.711. The van der Waals surface area contributed by atoms with Gasteiger partial charge in [0.1, 0.15) is 17.0 Å². The second kappa shape index (κ2) is 3.54. The predicted molar refractivity (Wildman–Crippen MR) is 43.3 cm³/mol. The minimum Gasteiger partial charge on any atom is -0.383 e. The summed E-state index contributed by atoms with van der Waals surface area (Å²) in [5.41, 5.74) is 4.66. The first kappa shape index (κ1) is 9.68. The maximum absolute atomic E-state index is 12.2. The number of nitrogens with zero attached hydrogens (tertiary/aromatic N) is 2. The van der Waals surface area contributed by atoms with Crippen LogP contribution in [0.3, 0.4) is 0 Å². The van der Waals surface area contributed by atoms with Crippen LogP contribution < -0.4 is 5.73 Å². The molecule has 0 spiro atoms. The minimum atomic E-state index is -2.76. The molecule has 0 aliphatic carbocycles. The number of alkyl halides is 2. The lowest BCUT2D eigenvalue weighted by Crippen LogP contribution is -1.99. The lowest BCUT2D eigenvalue weighted by atomic mass is 10.2. The van der Waals surface area contributed by atoms with Gasteiger partial charge in [-0.2, -0.15) is 5.26 Å². The Morgan fingerprint density at radius 1 is 1.62 bits per heavy atom. The summed E-state index contributed by atoms with van der Waals surface area (Å²) in [6, 6.07) is 2.58. The molecule has 0 bridgehead atoms. The highest BCUT2D eigenvalue weighted by atomic mass is 35.5. The van der Waals surface area contributed by atoms with Gasteiger partial charge in [-0.25, -0.2) is 13.8 Å². The highest BCUT2D eigenvalue weighted by Crippen LogP contribution is 2.27. The third-order valence-electron chi connectivity index (χ3n) is 1.39. The smallest absolute Gasteiger partial charge is 0.266 e. The van der Waals surface area contributed by atoms with Gasteiger partial charge < -0.3 is 5.73 Å². The molecule has 0 saturated heterocycles. The molecule has 0 fully saturated rings. The van der Waals surface area contributed by atoms with Crippen molar-refractivity contribution in [2.75, 3.05) is 5.73 Å². The number of nitrogens with two attached hydrogens (primary N) is 1. The maximum Gasteiger partial charge on any atom is 0.266 e. The van der Waals surface area contributed by atoms with E-state index in [-0.39, 0.29) is 16.5 Å². The van der Waals surface area contributed by atoms with Gasteiger partial charge in [0.05, 0.1) is 11.1 Å². The molecule has 0 radical (unpaired) electrons. The lowest BCUT2D eigenvalue weighted by molar-refractivity contribution is 0.151. The minimum absolute atomic E-state index is 0.0975. The van der Waals surface area contributed by atoms with Gasteiger partial charge in [0.2, 0.25) is 0 Å². The molecule has 3 nitrogen and oxygen atoms in total. The van der Waals surface area contributed by atoms with Crippen LogP contribution in [0.2, 0.25) is 5.15 Å². The lowest BCUT2D eigenvalue weighted by Gasteiger charge is -2.03. The highest BCUT2D eigenvalue weighted by molar-refractivity contribution is 6.30. The summed E-state index contributed by atoms with van der Waals surface area (Å²) in [5, 5.41) is 8.09. The Labute approximate surface area is 77.7 Å². The standard InChI is InChI=1S/C7H4ClF2N3/c8-5-4(6(9)10)1-3(2-11)7(12)13-5/h1,6H,(H2,12,13). The first-order valence-electron chi connectivity index (χ1n) is 3.20. The van der Waals surface area contributed by atoms with E-state index in [0.717, 1.165) is 6.07 Å². The molecule has 0 atom stereocenters. The van der Waals surface area contributed by atoms with E-state index >= 15 is 0 Å². The number of rotatable bonds is 1. The third-order valence-corrected chi connectivity index (χ3v) is 1.69. The highest BCUT2D eigenvalue weighted by Gasteiger charge is 2.15. The molecule has 0 saturated carbocycles. The van der Waals surface area contributed by atoms with Crippen LogP contribution in [0, 0.1) is 11.3 Å². The summed E-state index contributed by atoms with van der Waals surface area (Å²) in [6.45, 7) is 0. The molecule has 0 aliphatic rings. The Morgan fingerprint density at radius 3 is 2.69 bits per heavy atom. The van der Waals surface area contributed by atoms with Crippen LogP contribution in [-0.4, -0.2) is 4.98 Å². The maximum atomic E-state index is 12.2. The fourth-order valence-electron chi connectivity index (χ4n) is 0.762. The molecule has 0 unspecified atom stereocenters. The average molecular weight is 204 g/mol. The van der Waals surface area contributed by atoms with Crippen molar-refractivity contribution in [3.8, 4) is 6.07 Å². The molecule has 1 aromatic rings. The van der Waals surface area contributed by atoms with Crippen LogP contribution in [0.15, 0.2) is 6.07 Å².